The highest BCUT2D eigenvalue weighted by Crippen LogP contribution is 2.34. The molecule has 0 aliphatic carbocycles. The molecule has 0 spiro atoms. The van der Waals surface area contributed by atoms with Gasteiger partial charge in [0, 0.05) is 23.0 Å². The van der Waals surface area contributed by atoms with Crippen molar-refractivity contribution in [3.63, 3.8) is 0 Å². The molecule has 1 N–H and O–H groups in total. The lowest BCUT2D eigenvalue weighted by Crippen LogP contribution is -2.05. The average molecular weight is 302 g/mol. The molecule has 2 nitrogen and oxygen atoms in total. The van der Waals surface area contributed by atoms with E-state index in [1.165, 1.54) is 6.07 Å². The third-order valence-electron chi connectivity index (χ3n) is 3.48. The molecule has 0 fully saturated rings. The number of para-hydroxylation sites is 1. The Morgan fingerprint density at radius 3 is 2.45 bits per heavy atom. The molecular formula is C17H13F3N2. The van der Waals surface area contributed by atoms with Gasteiger partial charge >= 0.3 is 6.18 Å². The van der Waals surface area contributed by atoms with Crippen molar-refractivity contribution in [1.29, 1.82) is 0 Å². The summed E-state index contributed by atoms with van der Waals surface area (Å²) in [5.41, 5.74) is 2.31. The van der Waals surface area contributed by atoms with Crippen LogP contribution in [0.4, 0.5) is 24.5 Å². The molecule has 0 unspecified atom stereocenters. The molecule has 22 heavy (non-hydrogen) atoms. The van der Waals surface area contributed by atoms with Crippen LogP contribution in [-0.2, 0) is 6.18 Å². The molecule has 0 aliphatic rings. The van der Waals surface area contributed by atoms with Crippen molar-refractivity contribution in [2.24, 2.45) is 0 Å². The number of nitrogens with one attached hydrogen (secondary N) is 1. The second kappa shape index (κ2) is 5.33. The maximum atomic E-state index is 12.9. The molecular weight excluding hydrogens is 289 g/mol. The Hall–Kier alpha value is -2.56. The van der Waals surface area contributed by atoms with E-state index in [0.717, 1.165) is 23.4 Å². The molecule has 0 saturated carbocycles. The fourth-order valence-corrected chi connectivity index (χ4v) is 2.29. The molecule has 0 atom stereocenters. The highest BCUT2D eigenvalue weighted by Gasteiger charge is 2.30. The highest BCUT2D eigenvalue weighted by molar-refractivity contribution is 5.93. The SMILES string of the molecule is Cc1ccccc1Nc1ccnc2ccc(C(F)(F)F)cc12. The van der Waals surface area contributed by atoms with Crippen LogP contribution in [0.25, 0.3) is 10.9 Å². The van der Waals surface area contributed by atoms with E-state index in [-0.39, 0.29) is 0 Å². The van der Waals surface area contributed by atoms with Gasteiger partial charge < -0.3 is 5.32 Å². The second-order valence-corrected chi connectivity index (χ2v) is 5.03. The van der Waals surface area contributed by atoms with Gasteiger partial charge in [-0.05, 0) is 42.8 Å². The smallest absolute Gasteiger partial charge is 0.355 e. The van der Waals surface area contributed by atoms with E-state index in [2.05, 4.69) is 10.3 Å². The minimum absolute atomic E-state index is 0.445. The molecule has 0 aliphatic heterocycles. The number of anilines is 2. The molecule has 0 radical (unpaired) electrons. The van der Waals surface area contributed by atoms with E-state index in [1.54, 1.807) is 12.3 Å². The number of nitrogens with zero attached hydrogens (tertiary/aromatic N) is 1. The molecule has 5 heteroatoms. The van der Waals surface area contributed by atoms with E-state index >= 15 is 0 Å². The van der Waals surface area contributed by atoms with Gasteiger partial charge in [0.25, 0.3) is 0 Å². The van der Waals surface area contributed by atoms with Gasteiger partial charge in [-0.25, -0.2) is 0 Å². The summed E-state index contributed by atoms with van der Waals surface area (Å²) in [6.07, 6.45) is -2.79. The number of rotatable bonds is 2. The number of halogens is 3. The predicted molar refractivity (Wildman–Crippen MR) is 81.2 cm³/mol. The monoisotopic (exact) mass is 302 g/mol. The van der Waals surface area contributed by atoms with Crippen LogP contribution in [0, 0.1) is 6.92 Å². The van der Waals surface area contributed by atoms with Gasteiger partial charge in [0.2, 0.25) is 0 Å². The van der Waals surface area contributed by atoms with Crippen LogP contribution in [-0.4, -0.2) is 4.98 Å². The Kier molecular flexibility index (Phi) is 3.48. The molecule has 1 aromatic heterocycles. The Balaban J connectivity index is 2.11. The number of hydrogen-bond donors (Lipinski definition) is 1. The van der Waals surface area contributed by atoms with Crippen LogP contribution in [0.5, 0.6) is 0 Å². The third-order valence-corrected chi connectivity index (χ3v) is 3.48. The first-order chi connectivity index (χ1) is 10.4. The summed E-state index contributed by atoms with van der Waals surface area (Å²) >= 11 is 0. The molecule has 0 saturated heterocycles. The molecule has 0 amide bonds. The summed E-state index contributed by atoms with van der Waals surface area (Å²) in [5, 5.41) is 3.63. The summed E-state index contributed by atoms with van der Waals surface area (Å²) in [5.74, 6) is 0. The van der Waals surface area contributed by atoms with Crippen LogP contribution in [0.2, 0.25) is 0 Å². The van der Waals surface area contributed by atoms with E-state index in [1.807, 2.05) is 31.2 Å². The topological polar surface area (TPSA) is 24.9 Å². The summed E-state index contributed by atoms with van der Waals surface area (Å²) in [4.78, 5) is 4.12. The average Bonchev–Trinajstić information content (AvgIpc) is 2.48. The van der Waals surface area contributed by atoms with Crippen molar-refractivity contribution in [3.8, 4) is 0 Å². The molecule has 1 heterocycles. The lowest BCUT2D eigenvalue weighted by atomic mass is 10.1. The number of fused-ring (bicyclic) bond motifs is 1. The van der Waals surface area contributed by atoms with Gasteiger partial charge in [-0.3, -0.25) is 4.98 Å². The van der Waals surface area contributed by atoms with Gasteiger partial charge in [-0.1, -0.05) is 18.2 Å². The number of alkyl halides is 3. The molecule has 3 aromatic rings. The fourth-order valence-electron chi connectivity index (χ4n) is 2.29. The van der Waals surface area contributed by atoms with Crippen molar-refractivity contribution in [2.75, 3.05) is 5.32 Å². The zero-order valence-electron chi connectivity index (χ0n) is 11.8. The van der Waals surface area contributed by atoms with Gasteiger partial charge in [0.05, 0.1) is 11.1 Å². The van der Waals surface area contributed by atoms with Crippen molar-refractivity contribution >= 4 is 22.3 Å². The van der Waals surface area contributed by atoms with Gasteiger partial charge in [0.1, 0.15) is 0 Å². The summed E-state index contributed by atoms with van der Waals surface area (Å²) in [6, 6.07) is 12.8. The second-order valence-electron chi connectivity index (χ2n) is 5.03. The van der Waals surface area contributed by atoms with Crippen LogP contribution < -0.4 is 5.32 Å². The van der Waals surface area contributed by atoms with Gasteiger partial charge in [0.15, 0.2) is 0 Å². The Morgan fingerprint density at radius 1 is 0.955 bits per heavy atom. The van der Waals surface area contributed by atoms with E-state index < -0.39 is 11.7 Å². The van der Waals surface area contributed by atoms with Crippen molar-refractivity contribution in [1.82, 2.24) is 4.98 Å². The van der Waals surface area contributed by atoms with E-state index in [0.29, 0.717) is 16.6 Å². The standard InChI is InChI=1S/C17H13F3N2/c1-11-4-2-3-5-14(11)22-16-8-9-21-15-7-6-12(10-13(15)16)17(18,19)20/h2-10H,1H3,(H,21,22). The number of hydrogen-bond acceptors (Lipinski definition) is 2. The van der Waals surface area contributed by atoms with Crippen LogP contribution in [0.3, 0.4) is 0 Å². The minimum atomic E-state index is -4.37. The molecule has 112 valence electrons. The Morgan fingerprint density at radius 2 is 1.73 bits per heavy atom. The van der Waals surface area contributed by atoms with E-state index in [4.69, 9.17) is 0 Å². The Bertz CT molecular complexity index is 825. The van der Waals surface area contributed by atoms with Gasteiger partial charge in [-0.2, -0.15) is 13.2 Å². The first kappa shape index (κ1) is 14.4. The Labute approximate surface area is 125 Å². The van der Waals surface area contributed by atoms with Crippen LogP contribution in [0.15, 0.2) is 54.7 Å². The number of aromatic nitrogens is 1. The summed E-state index contributed by atoms with van der Waals surface area (Å²) in [6.45, 7) is 1.94. The quantitative estimate of drug-likeness (QED) is 0.694. The molecule has 2 aromatic carbocycles. The third kappa shape index (κ3) is 2.74. The zero-order valence-corrected chi connectivity index (χ0v) is 11.8. The number of aryl methyl sites for hydroxylation is 1. The van der Waals surface area contributed by atoms with Crippen LogP contribution in [0.1, 0.15) is 11.1 Å². The minimum Gasteiger partial charge on any atom is -0.355 e. The first-order valence-electron chi connectivity index (χ1n) is 6.74. The largest absolute Gasteiger partial charge is 0.416 e. The molecule has 0 bridgehead atoms. The van der Waals surface area contributed by atoms with Gasteiger partial charge in [-0.15, -0.1) is 0 Å². The zero-order chi connectivity index (χ0) is 15.7. The number of benzene rings is 2. The maximum absolute atomic E-state index is 12.9. The lowest BCUT2D eigenvalue weighted by Gasteiger charge is -2.13. The maximum Gasteiger partial charge on any atom is 0.416 e. The van der Waals surface area contributed by atoms with Crippen molar-refractivity contribution < 1.29 is 13.2 Å². The highest BCUT2D eigenvalue weighted by atomic mass is 19.4. The van der Waals surface area contributed by atoms with Crippen LogP contribution >= 0.6 is 0 Å². The van der Waals surface area contributed by atoms with E-state index in [9.17, 15) is 13.2 Å². The first-order valence-corrected chi connectivity index (χ1v) is 6.74. The predicted octanol–water partition coefficient (Wildman–Crippen LogP) is 5.31. The van der Waals surface area contributed by atoms with Crippen molar-refractivity contribution in [3.05, 3.63) is 65.9 Å². The summed E-state index contributed by atoms with van der Waals surface area (Å²) < 4.78 is 38.7. The lowest BCUT2D eigenvalue weighted by molar-refractivity contribution is -0.137. The fraction of sp³-hybridized carbons (Fsp3) is 0.118. The normalized spacial score (nSPS) is 11.6. The molecule has 3 rings (SSSR count). The number of pyridine rings is 1. The van der Waals surface area contributed by atoms with Crippen molar-refractivity contribution in [2.45, 2.75) is 13.1 Å². The summed E-state index contributed by atoms with van der Waals surface area (Å²) in [7, 11) is 0.